The van der Waals surface area contributed by atoms with Gasteiger partial charge in [-0.15, -0.1) is 11.3 Å². The molecule has 3 heteroatoms. The van der Waals surface area contributed by atoms with Crippen LogP contribution in [0.15, 0.2) is 35.7 Å². The van der Waals surface area contributed by atoms with Crippen LogP contribution < -0.4 is 0 Å². The molecule has 0 amide bonds. The topological polar surface area (TPSA) is 12.5 Å². The van der Waals surface area contributed by atoms with Gasteiger partial charge in [0.05, 0.1) is 13.2 Å². The number of thiophene rings is 1. The Bertz CT molecular complexity index is 555. The van der Waals surface area contributed by atoms with E-state index in [0.29, 0.717) is 6.04 Å². The molecule has 2 aromatic rings. The van der Waals surface area contributed by atoms with Crippen LogP contribution in [0.25, 0.3) is 10.4 Å². The minimum Gasteiger partial charge on any atom is -0.379 e. The molecule has 0 aliphatic carbocycles. The molecule has 0 bridgehead atoms. The van der Waals surface area contributed by atoms with Crippen LogP contribution in [0.2, 0.25) is 0 Å². The molecule has 1 fully saturated rings. The Morgan fingerprint density at radius 2 is 1.80 bits per heavy atom. The van der Waals surface area contributed by atoms with Gasteiger partial charge >= 0.3 is 0 Å². The molecule has 20 heavy (non-hydrogen) atoms. The third-order valence-electron chi connectivity index (χ3n) is 4.11. The van der Waals surface area contributed by atoms with E-state index in [2.05, 4.69) is 54.5 Å². The van der Waals surface area contributed by atoms with Crippen molar-refractivity contribution in [3.05, 3.63) is 46.8 Å². The van der Waals surface area contributed by atoms with Crippen LogP contribution in [0.1, 0.15) is 24.1 Å². The summed E-state index contributed by atoms with van der Waals surface area (Å²) in [6.07, 6.45) is 0. The minimum atomic E-state index is 0.470. The maximum absolute atomic E-state index is 5.43. The van der Waals surface area contributed by atoms with Crippen molar-refractivity contribution in [2.24, 2.45) is 0 Å². The van der Waals surface area contributed by atoms with Crippen LogP contribution >= 0.6 is 11.3 Å². The minimum absolute atomic E-state index is 0.470. The molecule has 1 atom stereocenters. The average molecular weight is 287 g/mol. The van der Waals surface area contributed by atoms with Crippen LogP contribution in [0.3, 0.4) is 0 Å². The van der Waals surface area contributed by atoms with Gasteiger partial charge in [0.1, 0.15) is 0 Å². The Morgan fingerprint density at radius 1 is 1.10 bits per heavy atom. The molecule has 3 rings (SSSR count). The van der Waals surface area contributed by atoms with Gasteiger partial charge in [0, 0.05) is 24.0 Å². The summed E-state index contributed by atoms with van der Waals surface area (Å²) < 4.78 is 5.43. The summed E-state index contributed by atoms with van der Waals surface area (Å²) >= 11 is 1.82. The van der Waals surface area contributed by atoms with Crippen molar-refractivity contribution in [3.8, 4) is 10.4 Å². The molecule has 1 saturated heterocycles. The Balaban J connectivity index is 1.77. The summed E-state index contributed by atoms with van der Waals surface area (Å²) in [7, 11) is 0. The average Bonchev–Trinajstić information content (AvgIpc) is 2.94. The predicted molar refractivity (Wildman–Crippen MR) is 85.3 cm³/mol. The molecular weight excluding hydrogens is 266 g/mol. The van der Waals surface area contributed by atoms with Crippen molar-refractivity contribution >= 4 is 11.3 Å². The summed E-state index contributed by atoms with van der Waals surface area (Å²) in [5, 5.41) is 2.16. The smallest absolute Gasteiger partial charge is 0.0594 e. The van der Waals surface area contributed by atoms with Gasteiger partial charge in [-0.05, 0) is 42.0 Å². The molecule has 0 saturated carbocycles. The maximum Gasteiger partial charge on any atom is 0.0594 e. The SMILES string of the molecule is Cc1ccsc1-c1ccc([C@H](C)N2CCOCC2)cc1. The van der Waals surface area contributed by atoms with Gasteiger partial charge in [0.25, 0.3) is 0 Å². The fraction of sp³-hybridized carbons (Fsp3) is 0.412. The number of aryl methyl sites for hydroxylation is 1. The molecule has 1 aliphatic rings. The molecule has 2 nitrogen and oxygen atoms in total. The van der Waals surface area contributed by atoms with Crippen LogP contribution in [-0.2, 0) is 4.74 Å². The molecule has 0 N–H and O–H groups in total. The molecule has 106 valence electrons. The Hall–Kier alpha value is -1.16. The first-order chi connectivity index (χ1) is 9.75. The second kappa shape index (κ2) is 6.08. The number of hydrogen-bond donors (Lipinski definition) is 0. The van der Waals surface area contributed by atoms with Crippen molar-refractivity contribution in [3.63, 3.8) is 0 Å². The fourth-order valence-electron chi connectivity index (χ4n) is 2.76. The first-order valence-corrected chi connectivity index (χ1v) is 8.10. The summed E-state index contributed by atoms with van der Waals surface area (Å²) in [4.78, 5) is 3.88. The van der Waals surface area contributed by atoms with Gasteiger partial charge in [0.15, 0.2) is 0 Å². The van der Waals surface area contributed by atoms with E-state index in [1.54, 1.807) is 0 Å². The highest BCUT2D eigenvalue weighted by atomic mass is 32.1. The van der Waals surface area contributed by atoms with Gasteiger partial charge in [-0.3, -0.25) is 4.90 Å². The molecule has 1 aromatic carbocycles. The zero-order valence-electron chi connectivity index (χ0n) is 12.1. The molecule has 0 spiro atoms. The highest BCUT2D eigenvalue weighted by Gasteiger charge is 2.18. The van der Waals surface area contributed by atoms with Gasteiger partial charge in [-0.1, -0.05) is 24.3 Å². The van der Waals surface area contributed by atoms with Crippen LogP contribution in [0.4, 0.5) is 0 Å². The van der Waals surface area contributed by atoms with Crippen molar-refractivity contribution in [2.45, 2.75) is 19.9 Å². The van der Waals surface area contributed by atoms with Crippen molar-refractivity contribution in [1.82, 2.24) is 4.90 Å². The lowest BCUT2D eigenvalue weighted by molar-refractivity contribution is 0.0198. The number of nitrogens with zero attached hydrogens (tertiary/aromatic N) is 1. The molecule has 0 radical (unpaired) electrons. The highest BCUT2D eigenvalue weighted by molar-refractivity contribution is 7.13. The second-order valence-corrected chi connectivity index (χ2v) is 6.30. The van der Waals surface area contributed by atoms with Crippen LogP contribution in [0.5, 0.6) is 0 Å². The van der Waals surface area contributed by atoms with E-state index in [0.717, 1.165) is 26.3 Å². The van der Waals surface area contributed by atoms with E-state index in [9.17, 15) is 0 Å². The van der Waals surface area contributed by atoms with Gasteiger partial charge in [-0.2, -0.15) is 0 Å². The third-order valence-corrected chi connectivity index (χ3v) is 5.18. The third kappa shape index (κ3) is 2.80. The Labute approximate surface area is 125 Å². The van der Waals surface area contributed by atoms with Gasteiger partial charge in [0.2, 0.25) is 0 Å². The molecule has 1 aliphatic heterocycles. The van der Waals surface area contributed by atoms with E-state index in [1.165, 1.54) is 21.6 Å². The van der Waals surface area contributed by atoms with Crippen LogP contribution in [0, 0.1) is 6.92 Å². The number of ether oxygens (including phenoxy) is 1. The fourth-order valence-corrected chi connectivity index (χ4v) is 3.69. The summed E-state index contributed by atoms with van der Waals surface area (Å²) in [6, 6.07) is 11.7. The normalized spacial score (nSPS) is 18.1. The maximum atomic E-state index is 5.43. The number of benzene rings is 1. The lowest BCUT2D eigenvalue weighted by Crippen LogP contribution is -2.37. The standard InChI is InChI=1S/C17H21NOS/c1-13-7-12-20-17(13)16-5-3-15(4-6-16)14(2)18-8-10-19-11-9-18/h3-7,12,14H,8-11H2,1-2H3/t14-/m0/s1. The van der Waals surface area contributed by atoms with Crippen molar-refractivity contribution in [2.75, 3.05) is 26.3 Å². The molecular formula is C17H21NOS. The second-order valence-electron chi connectivity index (χ2n) is 5.38. The van der Waals surface area contributed by atoms with Crippen LogP contribution in [-0.4, -0.2) is 31.2 Å². The Kier molecular flexibility index (Phi) is 4.20. The van der Waals surface area contributed by atoms with Crippen molar-refractivity contribution < 1.29 is 4.74 Å². The van der Waals surface area contributed by atoms with E-state index >= 15 is 0 Å². The van der Waals surface area contributed by atoms with E-state index in [4.69, 9.17) is 4.74 Å². The monoisotopic (exact) mass is 287 g/mol. The van der Waals surface area contributed by atoms with E-state index in [-0.39, 0.29) is 0 Å². The number of morpholine rings is 1. The van der Waals surface area contributed by atoms with Gasteiger partial charge in [-0.25, -0.2) is 0 Å². The highest BCUT2D eigenvalue weighted by Crippen LogP contribution is 2.30. The first-order valence-electron chi connectivity index (χ1n) is 7.22. The Morgan fingerprint density at radius 3 is 2.40 bits per heavy atom. The quantitative estimate of drug-likeness (QED) is 0.842. The lowest BCUT2D eigenvalue weighted by atomic mass is 10.0. The predicted octanol–water partition coefficient (Wildman–Crippen LogP) is 4.12. The van der Waals surface area contributed by atoms with Crippen molar-refractivity contribution in [1.29, 1.82) is 0 Å². The largest absolute Gasteiger partial charge is 0.379 e. The van der Waals surface area contributed by atoms with Gasteiger partial charge < -0.3 is 4.74 Å². The summed E-state index contributed by atoms with van der Waals surface area (Å²) in [5.41, 5.74) is 4.09. The molecule has 1 aromatic heterocycles. The number of hydrogen-bond acceptors (Lipinski definition) is 3. The molecule has 0 unspecified atom stereocenters. The zero-order chi connectivity index (χ0) is 13.9. The first kappa shape index (κ1) is 13.8. The van der Waals surface area contributed by atoms with E-state index < -0.39 is 0 Å². The molecule has 2 heterocycles. The van der Waals surface area contributed by atoms with E-state index in [1.807, 2.05) is 11.3 Å². The summed E-state index contributed by atoms with van der Waals surface area (Å²) in [6.45, 7) is 8.25. The summed E-state index contributed by atoms with van der Waals surface area (Å²) in [5.74, 6) is 0. The number of rotatable bonds is 3. The zero-order valence-corrected chi connectivity index (χ0v) is 13.0. The lowest BCUT2D eigenvalue weighted by Gasteiger charge is -2.32.